The van der Waals surface area contributed by atoms with Crippen LogP contribution in [0.4, 0.5) is 0 Å². The van der Waals surface area contributed by atoms with E-state index >= 15 is 0 Å². The number of thiazole rings is 1. The van der Waals surface area contributed by atoms with Crippen molar-refractivity contribution >= 4 is 11.3 Å². The summed E-state index contributed by atoms with van der Waals surface area (Å²) in [6.45, 7) is 2.44. The molecule has 0 radical (unpaired) electrons. The molecule has 0 saturated heterocycles. The first-order chi connectivity index (χ1) is 11.3. The van der Waals surface area contributed by atoms with Gasteiger partial charge in [-0.3, -0.25) is 9.69 Å². The maximum atomic E-state index is 12.5. The standard InChI is InChI=1S/C17H22N4OS/c22-17-14-9-21(8-13-10-23-11-18-13)7-6-15(14)19-16(20-17)12-4-2-1-3-5-12/h10-12H,1-9H2,(H,19,20,22). The van der Waals surface area contributed by atoms with Crippen LogP contribution in [0.5, 0.6) is 0 Å². The lowest BCUT2D eigenvalue weighted by Crippen LogP contribution is -2.36. The topological polar surface area (TPSA) is 61.9 Å². The van der Waals surface area contributed by atoms with Gasteiger partial charge in [0, 0.05) is 37.4 Å². The fourth-order valence-electron chi connectivity index (χ4n) is 3.75. The Hall–Kier alpha value is -1.53. The number of hydrogen-bond acceptors (Lipinski definition) is 5. The average molecular weight is 330 g/mol. The van der Waals surface area contributed by atoms with Crippen LogP contribution >= 0.6 is 11.3 Å². The molecular weight excluding hydrogens is 308 g/mol. The Labute approximate surface area is 139 Å². The van der Waals surface area contributed by atoms with E-state index in [0.29, 0.717) is 12.5 Å². The zero-order valence-electron chi connectivity index (χ0n) is 13.3. The molecule has 1 aliphatic carbocycles. The number of fused-ring (bicyclic) bond motifs is 1. The van der Waals surface area contributed by atoms with Crippen LogP contribution in [0, 0.1) is 0 Å². The lowest BCUT2D eigenvalue weighted by molar-refractivity contribution is 0.238. The Kier molecular flexibility index (Phi) is 4.27. The van der Waals surface area contributed by atoms with Crippen molar-refractivity contribution in [3.05, 3.63) is 44.0 Å². The van der Waals surface area contributed by atoms with E-state index in [-0.39, 0.29) is 5.56 Å². The van der Waals surface area contributed by atoms with Crippen molar-refractivity contribution in [3.8, 4) is 0 Å². The van der Waals surface area contributed by atoms with E-state index in [4.69, 9.17) is 4.98 Å². The molecule has 2 aromatic heterocycles. The molecule has 2 aliphatic rings. The van der Waals surface area contributed by atoms with Gasteiger partial charge in [0.05, 0.1) is 22.5 Å². The molecule has 0 amide bonds. The second kappa shape index (κ2) is 6.53. The van der Waals surface area contributed by atoms with Crippen molar-refractivity contribution in [1.29, 1.82) is 0 Å². The van der Waals surface area contributed by atoms with Crippen molar-refractivity contribution in [1.82, 2.24) is 19.9 Å². The van der Waals surface area contributed by atoms with Crippen LogP contribution in [-0.2, 0) is 19.5 Å². The molecule has 0 aromatic carbocycles. The molecule has 0 spiro atoms. The molecule has 0 atom stereocenters. The summed E-state index contributed by atoms with van der Waals surface area (Å²) < 4.78 is 0. The molecule has 1 saturated carbocycles. The largest absolute Gasteiger partial charge is 0.310 e. The molecule has 2 aromatic rings. The van der Waals surface area contributed by atoms with E-state index in [9.17, 15) is 4.79 Å². The monoisotopic (exact) mass is 330 g/mol. The van der Waals surface area contributed by atoms with E-state index in [0.717, 1.165) is 55.1 Å². The Morgan fingerprint density at radius 2 is 2.17 bits per heavy atom. The summed E-state index contributed by atoms with van der Waals surface area (Å²) in [5, 5.41) is 2.07. The van der Waals surface area contributed by atoms with Crippen LogP contribution in [0.2, 0.25) is 0 Å². The molecule has 1 fully saturated rings. The second-order valence-corrected chi connectivity index (χ2v) is 7.37. The number of hydrogen-bond donors (Lipinski definition) is 1. The Balaban J connectivity index is 1.54. The van der Waals surface area contributed by atoms with Crippen LogP contribution < -0.4 is 5.56 Å². The van der Waals surface area contributed by atoms with E-state index in [1.54, 1.807) is 11.3 Å². The highest BCUT2D eigenvalue weighted by Crippen LogP contribution is 2.30. The molecule has 4 rings (SSSR count). The van der Waals surface area contributed by atoms with Gasteiger partial charge in [-0.15, -0.1) is 11.3 Å². The summed E-state index contributed by atoms with van der Waals surface area (Å²) in [5.41, 5.74) is 4.88. The fourth-order valence-corrected chi connectivity index (χ4v) is 4.30. The van der Waals surface area contributed by atoms with E-state index in [1.165, 1.54) is 19.3 Å². The summed E-state index contributed by atoms with van der Waals surface area (Å²) in [6.07, 6.45) is 7.02. The zero-order valence-corrected chi connectivity index (χ0v) is 14.1. The number of nitrogens with one attached hydrogen (secondary N) is 1. The van der Waals surface area contributed by atoms with Gasteiger partial charge in [0.25, 0.3) is 5.56 Å². The minimum atomic E-state index is 0.0681. The highest BCUT2D eigenvalue weighted by Gasteiger charge is 2.24. The number of aromatic nitrogens is 3. The molecule has 6 heteroatoms. The molecule has 122 valence electrons. The Morgan fingerprint density at radius 3 is 2.96 bits per heavy atom. The fraction of sp³-hybridized carbons (Fsp3) is 0.588. The number of rotatable bonds is 3. The van der Waals surface area contributed by atoms with E-state index < -0.39 is 0 Å². The van der Waals surface area contributed by atoms with Crippen molar-refractivity contribution in [2.75, 3.05) is 6.54 Å². The predicted octanol–water partition coefficient (Wildman–Crippen LogP) is 2.83. The first kappa shape index (κ1) is 15.0. The van der Waals surface area contributed by atoms with Crippen LogP contribution in [-0.4, -0.2) is 26.4 Å². The summed E-state index contributed by atoms with van der Waals surface area (Å²) in [4.78, 5) is 27.1. The number of aromatic amines is 1. The van der Waals surface area contributed by atoms with Gasteiger partial charge in [0.2, 0.25) is 0 Å². The van der Waals surface area contributed by atoms with E-state index in [2.05, 4.69) is 20.2 Å². The third kappa shape index (κ3) is 3.23. The van der Waals surface area contributed by atoms with Crippen molar-refractivity contribution in [3.63, 3.8) is 0 Å². The molecule has 0 unspecified atom stereocenters. The van der Waals surface area contributed by atoms with Crippen LogP contribution in [0.15, 0.2) is 15.7 Å². The normalized spacial score (nSPS) is 19.7. The quantitative estimate of drug-likeness (QED) is 0.940. The van der Waals surface area contributed by atoms with Gasteiger partial charge in [0.1, 0.15) is 5.82 Å². The highest BCUT2D eigenvalue weighted by molar-refractivity contribution is 7.07. The summed E-state index contributed by atoms with van der Waals surface area (Å²) >= 11 is 1.62. The minimum absolute atomic E-state index is 0.0681. The van der Waals surface area contributed by atoms with Gasteiger partial charge in [-0.1, -0.05) is 19.3 Å². The van der Waals surface area contributed by atoms with Gasteiger partial charge in [-0.2, -0.15) is 0 Å². The Morgan fingerprint density at radius 1 is 1.30 bits per heavy atom. The summed E-state index contributed by atoms with van der Waals surface area (Å²) in [5.74, 6) is 1.39. The van der Waals surface area contributed by atoms with Crippen molar-refractivity contribution < 1.29 is 0 Å². The molecule has 1 N–H and O–H groups in total. The van der Waals surface area contributed by atoms with Crippen molar-refractivity contribution in [2.24, 2.45) is 0 Å². The minimum Gasteiger partial charge on any atom is -0.310 e. The predicted molar refractivity (Wildman–Crippen MR) is 90.6 cm³/mol. The maximum absolute atomic E-state index is 12.5. The first-order valence-corrected chi connectivity index (χ1v) is 9.45. The summed E-state index contributed by atoms with van der Waals surface area (Å²) in [6, 6.07) is 0. The molecule has 5 nitrogen and oxygen atoms in total. The van der Waals surface area contributed by atoms with Gasteiger partial charge in [0.15, 0.2) is 0 Å². The van der Waals surface area contributed by atoms with Crippen LogP contribution in [0.25, 0.3) is 0 Å². The Bertz CT molecular complexity index is 719. The van der Waals surface area contributed by atoms with Gasteiger partial charge in [-0.05, 0) is 12.8 Å². The molecular formula is C17H22N4OS. The molecule has 3 heterocycles. The zero-order chi connectivity index (χ0) is 15.6. The van der Waals surface area contributed by atoms with Crippen LogP contribution in [0.3, 0.4) is 0 Å². The first-order valence-electron chi connectivity index (χ1n) is 8.51. The molecule has 0 bridgehead atoms. The van der Waals surface area contributed by atoms with Gasteiger partial charge in [-0.25, -0.2) is 9.97 Å². The third-order valence-corrected chi connectivity index (χ3v) is 5.66. The van der Waals surface area contributed by atoms with Gasteiger partial charge < -0.3 is 4.98 Å². The highest BCUT2D eigenvalue weighted by atomic mass is 32.1. The SMILES string of the molecule is O=c1[nH]c(C2CCCCC2)nc2c1CN(Cc1cscn1)CC2. The lowest BCUT2D eigenvalue weighted by atomic mass is 9.88. The average Bonchev–Trinajstić information content (AvgIpc) is 3.09. The maximum Gasteiger partial charge on any atom is 0.255 e. The lowest BCUT2D eigenvalue weighted by Gasteiger charge is -2.28. The van der Waals surface area contributed by atoms with E-state index in [1.807, 2.05) is 5.51 Å². The van der Waals surface area contributed by atoms with Crippen LogP contribution in [0.1, 0.15) is 60.8 Å². The summed E-state index contributed by atoms with van der Waals surface area (Å²) in [7, 11) is 0. The smallest absolute Gasteiger partial charge is 0.255 e. The number of H-pyrrole nitrogens is 1. The second-order valence-electron chi connectivity index (χ2n) is 6.65. The van der Waals surface area contributed by atoms with Gasteiger partial charge >= 0.3 is 0 Å². The third-order valence-electron chi connectivity index (χ3n) is 5.03. The molecule has 1 aliphatic heterocycles. The number of nitrogens with zero attached hydrogens (tertiary/aromatic N) is 3. The van der Waals surface area contributed by atoms with Crippen molar-refractivity contribution in [2.45, 2.75) is 57.5 Å². The molecule has 23 heavy (non-hydrogen) atoms.